The molecule has 4 nitrogen and oxygen atoms in total. The van der Waals surface area contributed by atoms with E-state index in [2.05, 4.69) is 38.1 Å². The summed E-state index contributed by atoms with van der Waals surface area (Å²) in [5, 5.41) is 41.6. The first-order valence-corrected chi connectivity index (χ1v) is 22.0. The summed E-state index contributed by atoms with van der Waals surface area (Å²) >= 11 is 0. The Morgan fingerprint density at radius 2 is 0.600 bits per heavy atom. The van der Waals surface area contributed by atoms with Crippen molar-refractivity contribution in [3.8, 4) is 0 Å². The van der Waals surface area contributed by atoms with Gasteiger partial charge in [-0.25, -0.2) is 0 Å². The minimum atomic E-state index is -0.505. The Morgan fingerprint density at radius 1 is 0.360 bits per heavy atom. The number of hydrogen-bond donors (Lipinski definition) is 4. The molecule has 0 atom stereocenters. The first-order chi connectivity index (χ1) is 24.5. The third-order valence-corrected chi connectivity index (χ3v) is 11.6. The zero-order chi connectivity index (χ0) is 36.4. The quantitative estimate of drug-likeness (QED) is 0.0517. The summed E-state index contributed by atoms with van der Waals surface area (Å²) in [5.41, 5.74) is 1.24. The van der Waals surface area contributed by atoms with Crippen LogP contribution in [0.5, 0.6) is 0 Å². The maximum absolute atomic E-state index is 10.4. The maximum atomic E-state index is 10.4. The maximum Gasteiger partial charge on any atom is 0.0512 e. The van der Waals surface area contributed by atoms with Crippen molar-refractivity contribution in [2.24, 2.45) is 10.8 Å². The van der Waals surface area contributed by atoms with Gasteiger partial charge in [-0.15, -0.1) is 0 Å². The molecule has 0 aliphatic heterocycles. The summed E-state index contributed by atoms with van der Waals surface area (Å²) < 4.78 is 0. The highest BCUT2D eigenvalue weighted by Crippen LogP contribution is 2.33. The molecular weight excluding hydrogens is 617 g/mol. The second-order valence-corrected chi connectivity index (χ2v) is 16.5. The Labute approximate surface area is 311 Å². The van der Waals surface area contributed by atoms with Gasteiger partial charge in [0, 0.05) is 10.8 Å². The van der Waals surface area contributed by atoms with Crippen LogP contribution in [-0.4, -0.2) is 46.9 Å². The van der Waals surface area contributed by atoms with Gasteiger partial charge >= 0.3 is 0 Å². The summed E-state index contributed by atoms with van der Waals surface area (Å²) in [6.07, 6.45) is 40.0. The fourth-order valence-electron chi connectivity index (χ4n) is 7.92. The van der Waals surface area contributed by atoms with Crippen molar-refractivity contribution in [1.29, 1.82) is 0 Å². The van der Waals surface area contributed by atoms with Gasteiger partial charge in [0.05, 0.1) is 26.4 Å². The van der Waals surface area contributed by atoms with Crippen LogP contribution in [0.4, 0.5) is 0 Å². The molecule has 0 amide bonds. The lowest BCUT2D eigenvalue weighted by Crippen LogP contribution is -2.33. The number of rotatable bonds is 38. The molecule has 50 heavy (non-hydrogen) atoms. The van der Waals surface area contributed by atoms with Crippen LogP contribution in [-0.2, 0) is 12.8 Å². The van der Waals surface area contributed by atoms with Crippen LogP contribution in [0.2, 0.25) is 0 Å². The third kappa shape index (κ3) is 23.6. The first kappa shape index (κ1) is 47.1. The number of aliphatic hydroxyl groups is 4. The molecule has 0 spiro atoms. The Bertz CT molecular complexity index is 781. The number of hydrogen-bond acceptors (Lipinski definition) is 4. The van der Waals surface area contributed by atoms with Crippen LogP contribution in [0.3, 0.4) is 0 Å². The fourth-order valence-corrected chi connectivity index (χ4v) is 7.92. The van der Waals surface area contributed by atoms with Crippen LogP contribution >= 0.6 is 0 Å². The molecule has 1 rings (SSSR count). The van der Waals surface area contributed by atoms with Crippen molar-refractivity contribution in [3.63, 3.8) is 0 Å². The zero-order valence-corrected chi connectivity index (χ0v) is 33.6. The molecule has 0 bridgehead atoms. The van der Waals surface area contributed by atoms with Gasteiger partial charge in [0.1, 0.15) is 0 Å². The van der Waals surface area contributed by atoms with Crippen molar-refractivity contribution < 1.29 is 20.4 Å². The van der Waals surface area contributed by atoms with E-state index in [9.17, 15) is 20.4 Å². The van der Waals surface area contributed by atoms with Gasteiger partial charge in [-0.2, -0.15) is 0 Å². The standard InChI is InChI=1S/C46H86O4/c1-3-5-7-9-11-13-15-17-19-21-23-25-27-29-34-45(39-47,40-48)37-43-32-31-33-44(36-43)38-46(41-49,42-50)35-30-28-26-24-22-20-18-16-14-12-10-8-6-4-2/h31-33,36,47-50H,3-30,34-35,37-42H2,1-2H3. The van der Waals surface area contributed by atoms with Gasteiger partial charge in [0.15, 0.2) is 0 Å². The van der Waals surface area contributed by atoms with Gasteiger partial charge in [-0.05, 0) is 36.8 Å². The largest absolute Gasteiger partial charge is 0.396 e. The molecular formula is C46H86O4. The molecule has 4 heteroatoms. The molecule has 1 aromatic rings. The first-order valence-electron chi connectivity index (χ1n) is 22.0. The smallest absolute Gasteiger partial charge is 0.0512 e. The Kier molecular flexibility index (Phi) is 30.8. The van der Waals surface area contributed by atoms with Crippen LogP contribution < -0.4 is 0 Å². The van der Waals surface area contributed by atoms with E-state index in [0.29, 0.717) is 12.8 Å². The molecule has 0 saturated carbocycles. The third-order valence-electron chi connectivity index (χ3n) is 11.6. The molecule has 0 saturated heterocycles. The summed E-state index contributed by atoms with van der Waals surface area (Å²) in [7, 11) is 0. The second kappa shape index (κ2) is 32.7. The summed E-state index contributed by atoms with van der Waals surface area (Å²) in [6.45, 7) is 4.51. The van der Waals surface area contributed by atoms with Crippen LogP contribution in [0, 0.1) is 10.8 Å². The highest BCUT2D eigenvalue weighted by molar-refractivity contribution is 5.26. The van der Waals surface area contributed by atoms with Crippen molar-refractivity contribution in [2.75, 3.05) is 26.4 Å². The molecule has 0 unspecified atom stereocenters. The van der Waals surface area contributed by atoms with E-state index in [1.54, 1.807) is 0 Å². The molecule has 0 aromatic heterocycles. The fraction of sp³-hybridized carbons (Fsp3) is 0.870. The van der Waals surface area contributed by atoms with Crippen molar-refractivity contribution >= 4 is 0 Å². The highest BCUT2D eigenvalue weighted by Gasteiger charge is 2.31. The minimum Gasteiger partial charge on any atom is -0.396 e. The van der Waals surface area contributed by atoms with Gasteiger partial charge in [-0.1, -0.05) is 218 Å². The van der Waals surface area contributed by atoms with E-state index < -0.39 is 10.8 Å². The van der Waals surface area contributed by atoms with Gasteiger partial charge in [0.2, 0.25) is 0 Å². The van der Waals surface area contributed by atoms with E-state index in [-0.39, 0.29) is 26.4 Å². The molecule has 0 aliphatic carbocycles. The summed E-state index contributed by atoms with van der Waals surface area (Å²) in [6, 6.07) is 8.43. The summed E-state index contributed by atoms with van der Waals surface area (Å²) in [5.74, 6) is 0. The van der Waals surface area contributed by atoms with Crippen LogP contribution in [0.25, 0.3) is 0 Å². The topological polar surface area (TPSA) is 80.9 Å². The zero-order valence-electron chi connectivity index (χ0n) is 33.6. The van der Waals surface area contributed by atoms with Crippen LogP contribution in [0.1, 0.15) is 218 Å². The van der Waals surface area contributed by atoms with Gasteiger partial charge in [0.25, 0.3) is 0 Å². The number of unbranched alkanes of at least 4 members (excludes halogenated alkanes) is 26. The Morgan fingerprint density at radius 3 is 0.840 bits per heavy atom. The highest BCUT2D eigenvalue weighted by atomic mass is 16.3. The van der Waals surface area contributed by atoms with E-state index in [0.717, 1.165) is 49.7 Å². The van der Waals surface area contributed by atoms with Gasteiger partial charge in [-0.3, -0.25) is 0 Å². The van der Waals surface area contributed by atoms with E-state index in [1.165, 1.54) is 154 Å². The molecule has 0 radical (unpaired) electrons. The van der Waals surface area contributed by atoms with Crippen molar-refractivity contribution in [3.05, 3.63) is 35.4 Å². The SMILES string of the molecule is CCCCCCCCCCCCCCCCC(CO)(CO)Cc1cccc(CC(CO)(CO)CCCCCCCCCCCCCCCC)c1. The Balaban J connectivity index is 2.35. The predicted octanol–water partition coefficient (Wildman–Crippen LogP) is 12.5. The van der Waals surface area contributed by atoms with Crippen molar-refractivity contribution in [1.82, 2.24) is 0 Å². The average molecular weight is 703 g/mol. The van der Waals surface area contributed by atoms with E-state index in [1.807, 2.05) is 0 Å². The lowest BCUT2D eigenvalue weighted by atomic mass is 9.76. The Hall–Kier alpha value is -0.940. The normalized spacial score (nSPS) is 12.3. The van der Waals surface area contributed by atoms with Crippen LogP contribution in [0.15, 0.2) is 24.3 Å². The summed E-state index contributed by atoms with van der Waals surface area (Å²) in [4.78, 5) is 0. The number of aliphatic hydroxyl groups excluding tert-OH is 4. The lowest BCUT2D eigenvalue weighted by Gasteiger charge is -2.32. The lowest BCUT2D eigenvalue weighted by molar-refractivity contribution is 0.0438. The van der Waals surface area contributed by atoms with Gasteiger partial charge < -0.3 is 20.4 Å². The van der Waals surface area contributed by atoms with Crippen molar-refractivity contribution in [2.45, 2.75) is 219 Å². The molecule has 4 N–H and O–H groups in total. The number of benzene rings is 1. The van der Waals surface area contributed by atoms with E-state index >= 15 is 0 Å². The molecule has 0 aliphatic rings. The predicted molar refractivity (Wildman–Crippen MR) is 217 cm³/mol. The molecule has 0 fully saturated rings. The second-order valence-electron chi connectivity index (χ2n) is 16.5. The minimum absolute atomic E-state index is 0.0114. The molecule has 294 valence electrons. The average Bonchev–Trinajstić information content (AvgIpc) is 3.14. The molecule has 0 heterocycles. The van der Waals surface area contributed by atoms with E-state index in [4.69, 9.17) is 0 Å². The monoisotopic (exact) mass is 703 g/mol. The molecule has 1 aromatic carbocycles.